The Hall–Kier alpha value is -1.07. The molecule has 1 fully saturated rings. The molecule has 2 unspecified atom stereocenters. The van der Waals surface area contributed by atoms with Gasteiger partial charge in [0.1, 0.15) is 0 Å². The first kappa shape index (κ1) is 15.3. The molecule has 0 radical (unpaired) electrons. The van der Waals surface area contributed by atoms with Gasteiger partial charge in [0.05, 0.1) is 22.8 Å². The summed E-state index contributed by atoms with van der Waals surface area (Å²) in [5.74, 6) is 0.115. The Labute approximate surface area is 121 Å². The Morgan fingerprint density at radius 3 is 2.35 bits per heavy atom. The van der Waals surface area contributed by atoms with Crippen LogP contribution in [0.5, 0.6) is 0 Å². The zero-order valence-corrected chi connectivity index (χ0v) is 12.9. The summed E-state index contributed by atoms with van der Waals surface area (Å²) in [4.78, 5) is 2.42. The van der Waals surface area contributed by atoms with Crippen molar-refractivity contribution in [2.45, 2.75) is 49.6 Å². The highest BCUT2D eigenvalue weighted by atomic mass is 32.2. The van der Waals surface area contributed by atoms with Crippen LogP contribution in [0.15, 0.2) is 29.2 Å². The van der Waals surface area contributed by atoms with Crippen molar-refractivity contribution < 1.29 is 13.5 Å². The van der Waals surface area contributed by atoms with Gasteiger partial charge in [-0.15, -0.1) is 0 Å². The van der Waals surface area contributed by atoms with Crippen molar-refractivity contribution in [3.63, 3.8) is 0 Å². The highest BCUT2D eigenvalue weighted by molar-refractivity contribution is 7.91. The van der Waals surface area contributed by atoms with E-state index in [1.54, 1.807) is 19.1 Å². The number of sulfone groups is 1. The van der Waals surface area contributed by atoms with Gasteiger partial charge in [0.25, 0.3) is 0 Å². The summed E-state index contributed by atoms with van der Waals surface area (Å²) in [6.07, 6.45) is 3.74. The molecule has 1 N–H and O–H groups in total. The Bertz CT molecular complexity index is 539. The number of anilines is 1. The second kappa shape index (κ2) is 6.14. The quantitative estimate of drug-likeness (QED) is 0.926. The standard InChI is InChI=1S/C15H23NO3S/c1-3-20(18,19)13-10-8-12(9-11-13)16(2)14-6-4-5-7-15(14)17/h8-11,14-15,17H,3-7H2,1-2H3. The Morgan fingerprint density at radius 1 is 1.20 bits per heavy atom. The average Bonchev–Trinajstić information content (AvgIpc) is 2.47. The second-order valence-corrected chi connectivity index (χ2v) is 7.71. The van der Waals surface area contributed by atoms with Gasteiger partial charge in [0.2, 0.25) is 0 Å². The lowest BCUT2D eigenvalue weighted by Gasteiger charge is -2.36. The summed E-state index contributed by atoms with van der Waals surface area (Å²) >= 11 is 0. The van der Waals surface area contributed by atoms with E-state index >= 15 is 0 Å². The van der Waals surface area contributed by atoms with Crippen LogP contribution in [-0.4, -0.2) is 38.5 Å². The molecule has 2 rings (SSSR count). The van der Waals surface area contributed by atoms with Crippen molar-refractivity contribution in [1.29, 1.82) is 0 Å². The van der Waals surface area contributed by atoms with Crippen LogP contribution in [0.3, 0.4) is 0 Å². The summed E-state index contributed by atoms with van der Waals surface area (Å²) < 4.78 is 23.6. The molecule has 1 aromatic carbocycles. The predicted octanol–water partition coefficient (Wildman–Crippen LogP) is 2.22. The van der Waals surface area contributed by atoms with E-state index in [0.717, 1.165) is 31.4 Å². The van der Waals surface area contributed by atoms with Gasteiger partial charge < -0.3 is 10.0 Å². The summed E-state index contributed by atoms with van der Waals surface area (Å²) in [7, 11) is -1.18. The maximum absolute atomic E-state index is 11.8. The highest BCUT2D eigenvalue weighted by Gasteiger charge is 2.26. The maximum atomic E-state index is 11.8. The lowest BCUT2D eigenvalue weighted by atomic mass is 9.91. The van der Waals surface area contributed by atoms with Gasteiger partial charge >= 0.3 is 0 Å². The fourth-order valence-electron chi connectivity index (χ4n) is 2.79. The third-order valence-corrected chi connectivity index (χ3v) is 5.93. The molecule has 0 heterocycles. The van der Waals surface area contributed by atoms with E-state index in [1.807, 2.05) is 19.2 Å². The SMILES string of the molecule is CCS(=O)(=O)c1ccc(N(C)C2CCCCC2O)cc1. The first-order valence-corrected chi connectivity index (χ1v) is 8.84. The number of aliphatic hydroxyl groups excluding tert-OH is 1. The van der Waals surface area contributed by atoms with Crippen LogP contribution in [0.4, 0.5) is 5.69 Å². The van der Waals surface area contributed by atoms with Crippen LogP contribution in [0, 0.1) is 0 Å². The van der Waals surface area contributed by atoms with Gasteiger partial charge in [0.15, 0.2) is 9.84 Å². The summed E-state index contributed by atoms with van der Waals surface area (Å²) in [5.41, 5.74) is 0.950. The molecular formula is C15H23NO3S. The van der Waals surface area contributed by atoms with Gasteiger partial charge in [-0.2, -0.15) is 0 Å². The molecule has 2 atom stereocenters. The van der Waals surface area contributed by atoms with Gasteiger partial charge in [-0.3, -0.25) is 0 Å². The molecule has 5 heteroatoms. The fourth-order valence-corrected chi connectivity index (χ4v) is 3.67. The molecule has 0 amide bonds. The topological polar surface area (TPSA) is 57.6 Å². The van der Waals surface area contributed by atoms with Crippen molar-refractivity contribution in [1.82, 2.24) is 0 Å². The Balaban J connectivity index is 2.17. The van der Waals surface area contributed by atoms with Crippen molar-refractivity contribution in [2.24, 2.45) is 0 Å². The largest absolute Gasteiger partial charge is 0.391 e. The molecule has 0 bridgehead atoms. The minimum absolute atomic E-state index is 0.115. The lowest BCUT2D eigenvalue weighted by Crippen LogP contribution is -2.43. The van der Waals surface area contributed by atoms with Crippen LogP contribution in [0.2, 0.25) is 0 Å². The van der Waals surface area contributed by atoms with Crippen LogP contribution in [0.25, 0.3) is 0 Å². The number of benzene rings is 1. The molecule has 0 saturated heterocycles. The zero-order valence-electron chi connectivity index (χ0n) is 12.1. The summed E-state index contributed by atoms with van der Waals surface area (Å²) in [6.45, 7) is 1.65. The average molecular weight is 297 g/mol. The van der Waals surface area contributed by atoms with Gasteiger partial charge in [-0.05, 0) is 37.1 Å². The molecule has 112 valence electrons. The van der Waals surface area contributed by atoms with Gasteiger partial charge in [-0.25, -0.2) is 8.42 Å². The first-order chi connectivity index (χ1) is 9.45. The first-order valence-electron chi connectivity index (χ1n) is 7.19. The number of rotatable bonds is 4. The number of aliphatic hydroxyl groups is 1. The zero-order chi connectivity index (χ0) is 14.8. The third-order valence-electron chi connectivity index (χ3n) is 4.17. The van der Waals surface area contributed by atoms with E-state index in [4.69, 9.17) is 0 Å². The normalized spacial score (nSPS) is 23.6. The van der Waals surface area contributed by atoms with Crippen LogP contribution >= 0.6 is 0 Å². The molecule has 1 aliphatic rings. The molecule has 4 nitrogen and oxygen atoms in total. The van der Waals surface area contributed by atoms with Crippen molar-refractivity contribution in [2.75, 3.05) is 17.7 Å². The summed E-state index contributed by atoms with van der Waals surface area (Å²) in [6, 6.07) is 7.07. The molecule has 0 aliphatic heterocycles. The monoisotopic (exact) mass is 297 g/mol. The number of hydrogen-bond donors (Lipinski definition) is 1. The van der Waals surface area contributed by atoms with Gasteiger partial charge in [0, 0.05) is 12.7 Å². The molecule has 0 aromatic heterocycles. The summed E-state index contributed by atoms with van der Waals surface area (Å²) in [5, 5.41) is 10.1. The number of nitrogens with zero attached hydrogens (tertiary/aromatic N) is 1. The predicted molar refractivity (Wildman–Crippen MR) is 80.8 cm³/mol. The second-order valence-electron chi connectivity index (χ2n) is 5.43. The van der Waals surface area contributed by atoms with Crippen LogP contribution in [0.1, 0.15) is 32.6 Å². The van der Waals surface area contributed by atoms with E-state index in [9.17, 15) is 13.5 Å². The fraction of sp³-hybridized carbons (Fsp3) is 0.600. The molecule has 1 aromatic rings. The third kappa shape index (κ3) is 3.15. The smallest absolute Gasteiger partial charge is 0.178 e. The minimum atomic E-state index is -3.14. The highest BCUT2D eigenvalue weighted by Crippen LogP contribution is 2.27. The number of hydrogen-bond acceptors (Lipinski definition) is 4. The van der Waals surface area contributed by atoms with Crippen molar-refractivity contribution >= 4 is 15.5 Å². The van der Waals surface area contributed by atoms with E-state index in [2.05, 4.69) is 4.90 Å². The van der Waals surface area contributed by atoms with Crippen LogP contribution < -0.4 is 4.90 Å². The van der Waals surface area contributed by atoms with Crippen molar-refractivity contribution in [3.05, 3.63) is 24.3 Å². The lowest BCUT2D eigenvalue weighted by molar-refractivity contribution is 0.106. The molecule has 20 heavy (non-hydrogen) atoms. The number of likely N-dealkylation sites (N-methyl/N-ethyl adjacent to an activating group) is 1. The van der Waals surface area contributed by atoms with Crippen molar-refractivity contribution in [3.8, 4) is 0 Å². The molecule has 1 saturated carbocycles. The maximum Gasteiger partial charge on any atom is 0.178 e. The van der Waals surface area contributed by atoms with E-state index in [1.165, 1.54) is 0 Å². The minimum Gasteiger partial charge on any atom is -0.391 e. The molecule has 1 aliphatic carbocycles. The Morgan fingerprint density at radius 2 is 1.80 bits per heavy atom. The van der Waals surface area contributed by atoms with Crippen LogP contribution in [-0.2, 0) is 9.84 Å². The van der Waals surface area contributed by atoms with Gasteiger partial charge in [-0.1, -0.05) is 19.8 Å². The molecule has 0 spiro atoms. The van der Waals surface area contributed by atoms with E-state index in [-0.39, 0.29) is 17.9 Å². The Kier molecular flexibility index (Phi) is 4.70. The molecular weight excluding hydrogens is 274 g/mol. The van der Waals surface area contributed by atoms with E-state index in [0.29, 0.717) is 4.90 Å². The van der Waals surface area contributed by atoms with E-state index < -0.39 is 9.84 Å².